The van der Waals surface area contributed by atoms with Gasteiger partial charge in [0.1, 0.15) is 0 Å². The molecular weight excluding hydrogens is 356 g/mol. The van der Waals surface area contributed by atoms with Crippen LogP contribution in [0, 0.1) is 5.41 Å². The summed E-state index contributed by atoms with van der Waals surface area (Å²) in [5.41, 5.74) is 1.10. The molecule has 0 atom stereocenters. The van der Waals surface area contributed by atoms with Gasteiger partial charge in [-0.2, -0.15) is 0 Å². The van der Waals surface area contributed by atoms with E-state index in [1.807, 2.05) is 34.6 Å². The molecule has 0 aliphatic rings. The van der Waals surface area contributed by atoms with E-state index in [1.54, 1.807) is 42.5 Å². The molecule has 0 aliphatic carbocycles. The van der Waals surface area contributed by atoms with E-state index < -0.39 is 5.41 Å². The van der Waals surface area contributed by atoms with Gasteiger partial charge in [0.05, 0.1) is 13.2 Å². The van der Waals surface area contributed by atoms with E-state index in [9.17, 15) is 9.59 Å². The highest BCUT2D eigenvalue weighted by atomic mass is 16.5. The Morgan fingerprint density at radius 3 is 2.14 bits per heavy atom. The molecule has 2 amide bonds. The summed E-state index contributed by atoms with van der Waals surface area (Å²) in [5, 5.41) is 5.68. The number of hydrogen-bond acceptors (Lipinski definition) is 4. The molecule has 0 saturated carbocycles. The molecule has 6 heteroatoms. The fourth-order valence-electron chi connectivity index (χ4n) is 2.39. The Morgan fingerprint density at radius 1 is 0.857 bits per heavy atom. The van der Waals surface area contributed by atoms with Crippen LogP contribution in [0.25, 0.3) is 0 Å². The lowest BCUT2D eigenvalue weighted by Crippen LogP contribution is -2.27. The SMILES string of the molecule is CCOc1ccc(NC(=O)c2cccc(NC(=O)C(C)(C)C)c2)cc1OCC. The molecule has 6 nitrogen and oxygen atoms in total. The van der Waals surface area contributed by atoms with Crippen LogP contribution in [-0.4, -0.2) is 25.0 Å². The molecule has 0 radical (unpaired) electrons. The zero-order valence-electron chi connectivity index (χ0n) is 17.1. The molecule has 0 unspecified atom stereocenters. The van der Waals surface area contributed by atoms with Crippen LogP contribution < -0.4 is 20.1 Å². The number of hydrogen-bond donors (Lipinski definition) is 2. The normalized spacial score (nSPS) is 10.9. The summed E-state index contributed by atoms with van der Waals surface area (Å²) in [4.78, 5) is 24.8. The summed E-state index contributed by atoms with van der Waals surface area (Å²) >= 11 is 0. The second-order valence-corrected chi connectivity index (χ2v) is 7.27. The minimum Gasteiger partial charge on any atom is -0.490 e. The van der Waals surface area contributed by atoms with Crippen LogP contribution >= 0.6 is 0 Å². The maximum Gasteiger partial charge on any atom is 0.255 e. The minimum absolute atomic E-state index is 0.113. The predicted molar refractivity (Wildman–Crippen MR) is 111 cm³/mol. The molecular formula is C22H28N2O4. The standard InChI is InChI=1S/C22H28N2O4/c1-6-27-18-12-11-17(14-19(18)28-7-2)23-20(25)15-9-8-10-16(13-15)24-21(26)22(3,4)5/h8-14H,6-7H2,1-5H3,(H,23,25)(H,24,26). The van der Waals surface area contributed by atoms with Crippen LogP contribution in [0.3, 0.4) is 0 Å². The summed E-state index contributed by atoms with van der Waals surface area (Å²) in [6.45, 7) is 10.3. The molecule has 0 spiro atoms. The Morgan fingerprint density at radius 2 is 1.50 bits per heavy atom. The summed E-state index contributed by atoms with van der Waals surface area (Å²) in [6.07, 6.45) is 0. The molecule has 0 saturated heterocycles. The third-order valence-electron chi connectivity index (χ3n) is 3.87. The Bertz CT molecular complexity index is 841. The predicted octanol–water partition coefficient (Wildman–Crippen LogP) is 4.72. The van der Waals surface area contributed by atoms with Crippen LogP contribution in [0.2, 0.25) is 0 Å². The van der Waals surface area contributed by atoms with E-state index in [-0.39, 0.29) is 11.8 Å². The first-order valence-electron chi connectivity index (χ1n) is 9.37. The number of ether oxygens (including phenoxy) is 2. The number of carbonyl (C=O) groups is 2. The third-order valence-corrected chi connectivity index (χ3v) is 3.87. The van der Waals surface area contributed by atoms with Crippen molar-refractivity contribution in [2.75, 3.05) is 23.8 Å². The van der Waals surface area contributed by atoms with Crippen molar-refractivity contribution < 1.29 is 19.1 Å². The van der Waals surface area contributed by atoms with Gasteiger partial charge in [-0.15, -0.1) is 0 Å². The number of carbonyl (C=O) groups excluding carboxylic acids is 2. The Kier molecular flexibility index (Phi) is 7.04. The monoisotopic (exact) mass is 384 g/mol. The van der Waals surface area contributed by atoms with Gasteiger partial charge in [-0.05, 0) is 44.2 Å². The van der Waals surface area contributed by atoms with Crippen molar-refractivity contribution in [1.29, 1.82) is 0 Å². The molecule has 28 heavy (non-hydrogen) atoms. The molecule has 150 valence electrons. The number of rotatable bonds is 7. The Labute approximate surface area is 166 Å². The maximum atomic E-state index is 12.6. The summed E-state index contributed by atoms with van der Waals surface area (Å²) in [5.74, 6) is 0.818. The van der Waals surface area contributed by atoms with Gasteiger partial charge in [-0.1, -0.05) is 26.8 Å². The van der Waals surface area contributed by atoms with Gasteiger partial charge in [-0.3, -0.25) is 9.59 Å². The summed E-state index contributed by atoms with van der Waals surface area (Å²) < 4.78 is 11.1. The molecule has 0 bridgehead atoms. The van der Waals surface area contributed by atoms with E-state index in [2.05, 4.69) is 10.6 Å². The third kappa shape index (κ3) is 5.74. The molecule has 0 aromatic heterocycles. The van der Waals surface area contributed by atoms with Gasteiger partial charge < -0.3 is 20.1 Å². The molecule has 2 rings (SSSR count). The quantitative estimate of drug-likeness (QED) is 0.724. The lowest BCUT2D eigenvalue weighted by Gasteiger charge is -2.18. The Balaban J connectivity index is 2.15. The number of benzene rings is 2. The maximum absolute atomic E-state index is 12.6. The topological polar surface area (TPSA) is 76.7 Å². The van der Waals surface area contributed by atoms with E-state index >= 15 is 0 Å². The van der Waals surface area contributed by atoms with Gasteiger partial charge in [0, 0.05) is 28.4 Å². The van der Waals surface area contributed by atoms with Crippen molar-refractivity contribution in [1.82, 2.24) is 0 Å². The van der Waals surface area contributed by atoms with E-state index in [4.69, 9.17) is 9.47 Å². The fraction of sp³-hybridized carbons (Fsp3) is 0.364. The van der Waals surface area contributed by atoms with Gasteiger partial charge >= 0.3 is 0 Å². The van der Waals surface area contributed by atoms with Crippen molar-refractivity contribution in [2.24, 2.45) is 5.41 Å². The van der Waals surface area contributed by atoms with Crippen molar-refractivity contribution >= 4 is 23.2 Å². The van der Waals surface area contributed by atoms with Gasteiger partial charge in [0.25, 0.3) is 5.91 Å². The van der Waals surface area contributed by atoms with Crippen molar-refractivity contribution in [2.45, 2.75) is 34.6 Å². The number of nitrogens with one attached hydrogen (secondary N) is 2. The second kappa shape index (κ2) is 9.26. The smallest absolute Gasteiger partial charge is 0.255 e. The van der Waals surface area contributed by atoms with Crippen molar-refractivity contribution in [3.05, 3.63) is 48.0 Å². The highest BCUT2D eigenvalue weighted by Gasteiger charge is 2.21. The first-order valence-corrected chi connectivity index (χ1v) is 9.37. The molecule has 0 heterocycles. The first-order chi connectivity index (χ1) is 13.2. The largest absolute Gasteiger partial charge is 0.490 e. The zero-order valence-corrected chi connectivity index (χ0v) is 17.1. The van der Waals surface area contributed by atoms with E-state index in [0.717, 1.165) is 0 Å². The van der Waals surface area contributed by atoms with Crippen molar-refractivity contribution in [3.63, 3.8) is 0 Å². The zero-order chi connectivity index (χ0) is 20.7. The number of amides is 2. The van der Waals surface area contributed by atoms with E-state index in [0.29, 0.717) is 41.7 Å². The van der Waals surface area contributed by atoms with Crippen LogP contribution in [0.1, 0.15) is 45.0 Å². The average Bonchev–Trinajstić information content (AvgIpc) is 2.63. The van der Waals surface area contributed by atoms with Gasteiger partial charge in [-0.25, -0.2) is 0 Å². The van der Waals surface area contributed by atoms with Gasteiger partial charge in [0.15, 0.2) is 11.5 Å². The highest BCUT2D eigenvalue weighted by Crippen LogP contribution is 2.31. The van der Waals surface area contributed by atoms with Crippen LogP contribution in [0.5, 0.6) is 11.5 Å². The first kappa shape index (κ1) is 21.3. The summed E-state index contributed by atoms with van der Waals surface area (Å²) in [6, 6.07) is 12.1. The average molecular weight is 384 g/mol. The fourth-order valence-corrected chi connectivity index (χ4v) is 2.39. The lowest BCUT2D eigenvalue weighted by molar-refractivity contribution is -0.123. The van der Waals surface area contributed by atoms with Crippen LogP contribution in [-0.2, 0) is 4.79 Å². The molecule has 2 aromatic carbocycles. The molecule has 2 aromatic rings. The van der Waals surface area contributed by atoms with Crippen molar-refractivity contribution in [3.8, 4) is 11.5 Å². The van der Waals surface area contributed by atoms with Crippen LogP contribution in [0.15, 0.2) is 42.5 Å². The summed E-state index contributed by atoms with van der Waals surface area (Å²) in [7, 11) is 0. The Hall–Kier alpha value is -3.02. The molecule has 2 N–H and O–H groups in total. The highest BCUT2D eigenvalue weighted by molar-refractivity contribution is 6.05. The second-order valence-electron chi connectivity index (χ2n) is 7.27. The lowest BCUT2D eigenvalue weighted by atomic mass is 9.95. The molecule has 0 aliphatic heterocycles. The number of anilines is 2. The minimum atomic E-state index is -0.518. The molecule has 0 fully saturated rings. The van der Waals surface area contributed by atoms with Gasteiger partial charge in [0.2, 0.25) is 5.91 Å². The van der Waals surface area contributed by atoms with Crippen LogP contribution in [0.4, 0.5) is 11.4 Å². The van der Waals surface area contributed by atoms with E-state index in [1.165, 1.54) is 0 Å².